The monoisotopic (exact) mass is 828 g/mol. The molecule has 0 spiro atoms. The van der Waals surface area contributed by atoms with E-state index in [4.69, 9.17) is 0 Å². The Morgan fingerprint density at radius 3 is 2.12 bits per heavy atom. The molecule has 8 nitrogen and oxygen atoms in total. The molecule has 1 aromatic carbocycles. The van der Waals surface area contributed by atoms with Crippen LogP contribution in [0, 0.1) is 56.7 Å². The third-order valence-corrected chi connectivity index (χ3v) is 19.3. The number of alkyl halides is 3. The number of nitrogens with one attached hydrogen (secondary N) is 1. The van der Waals surface area contributed by atoms with Gasteiger partial charge < -0.3 is 15.5 Å². The Kier molecular flexibility index (Phi) is 10.5. The Hall–Kier alpha value is -3.12. The number of allylic oxidation sites excluding steroid dienone is 5. The van der Waals surface area contributed by atoms with Gasteiger partial charge in [-0.1, -0.05) is 77.1 Å². The molecule has 0 radical (unpaired) electrons. The molecule has 0 aliphatic heterocycles. The third kappa shape index (κ3) is 6.17. The molecule has 1 aromatic rings. The second-order valence-electron chi connectivity index (χ2n) is 20.3. The van der Waals surface area contributed by atoms with Crippen LogP contribution in [0.4, 0.5) is 18.9 Å². The maximum Gasteiger partial charge on any atom is 0.516 e. The average Bonchev–Trinajstić information content (AvgIpc) is 3.53. The van der Waals surface area contributed by atoms with Crippen LogP contribution >= 0.6 is 0 Å². The van der Waals surface area contributed by atoms with Crippen molar-refractivity contribution in [1.29, 1.82) is 0 Å². The SMILES string of the molecule is C=C(C)C1CCC2(NCCN(c3ccccc3)S(=O)(=O)C(F)(F)F)CCC3(C)C(CCC4C5(C)CC=C(C6=CCC(C(=O)O)(C(=O)O)CC6)C(C)(C)C5CCC43C)C12. The van der Waals surface area contributed by atoms with E-state index in [9.17, 15) is 41.4 Å². The van der Waals surface area contributed by atoms with Gasteiger partial charge in [-0.2, -0.15) is 21.6 Å². The minimum absolute atomic E-state index is 0.00445. The van der Waals surface area contributed by atoms with Gasteiger partial charge in [0.05, 0.1) is 5.69 Å². The summed E-state index contributed by atoms with van der Waals surface area (Å²) >= 11 is 0. The van der Waals surface area contributed by atoms with Gasteiger partial charge in [-0.3, -0.25) is 13.9 Å². The van der Waals surface area contributed by atoms with Crippen molar-refractivity contribution in [3.8, 4) is 0 Å². The topological polar surface area (TPSA) is 124 Å². The summed E-state index contributed by atoms with van der Waals surface area (Å²) in [6.45, 7) is 18.6. The first-order chi connectivity index (χ1) is 26.9. The van der Waals surface area contributed by atoms with Crippen LogP contribution in [-0.2, 0) is 19.6 Å². The number of carboxylic acid groups (broad SMARTS) is 2. The molecular weight excluding hydrogens is 766 g/mol. The zero-order valence-corrected chi connectivity index (χ0v) is 35.9. The number of halogens is 3. The molecule has 0 aromatic heterocycles. The lowest BCUT2D eigenvalue weighted by atomic mass is 9.33. The van der Waals surface area contributed by atoms with Crippen LogP contribution in [0.2, 0.25) is 0 Å². The minimum Gasteiger partial charge on any atom is -0.480 e. The number of sulfonamides is 1. The number of hydrogen-bond acceptors (Lipinski definition) is 5. The Bertz CT molecular complexity index is 2000. The molecule has 6 aliphatic rings. The predicted molar refractivity (Wildman–Crippen MR) is 219 cm³/mol. The molecule has 58 heavy (non-hydrogen) atoms. The normalized spacial score (nSPS) is 37.8. The molecule has 0 amide bonds. The highest BCUT2D eigenvalue weighted by molar-refractivity contribution is 7.93. The summed E-state index contributed by atoms with van der Waals surface area (Å²) < 4.78 is 68.1. The molecule has 6 aliphatic carbocycles. The summed E-state index contributed by atoms with van der Waals surface area (Å²) in [7, 11) is -5.61. The highest BCUT2D eigenvalue weighted by atomic mass is 32.2. The molecule has 320 valence electrons. The highest BCUT2D eigenvalue weighted by Crippen LogP contribution is 2.76. The molecule has 9 atom stereocenters. The summed E-state index contributed by atoms with van der Waals surface area (Å²) in [5, 5.41) is 23.5. The van der Waals surface area contributed by atoms with E-state index in [2.05, 4.69) is 59.5 Å². The summed E-state index contributed by atoms with van der Waals surface area (Å²) in [5.74, 6) is -0.841. The second-order valence-corrected chi connectivity index (χ2v) is 22.2. The van der Waals surface area contributed by atoms with E-state index in [1.165, 1.54) is 17.7 Å². The maximum atomic E-state index is 14.0. The van der Waals surface area contributed by atoms with Gasteiger partial charge in [0, 0.05) is 18.6 Å². The van der Waals surface area contributed by atoms with E-state index in [0.29, 0.717) is 28.5 Å². The first-order valence-electron chi connectivity index (χ1n) is 21.3. The smallest absolute Gasteiger partial charge is 0.480 e. The van der Waals surface area contributed by atoms with E-state index in [-0.39, 0.29) is 70.7 Å². The van der Waals surface area contributed by atoms with Crippen LogP contribution in [0.5, 0.6) is 0 Å². The number of carbonyl (C=O) groups is 2. The van der Waals surface area contributed by atoms with Crippen molar-refractivity contribution >= 4 is 27.6 Å². The van der Waals surface area contributed by atoms with Crippen molar-refractivity contribution in [1.82, 2.24) is 5.32 Å². The van der Waals surface area contributed by atoms with Crippen LogP contribution in [0.1, 0.15) is 119 Å². The molecule has 0 saturated heterocycles. The molecule has 9 unspecified atom stereocenters. The van der Waals surface area contributed by atoms with E-state index in [1.54, 1.807) is 18.2 Å². The number of benzene rings is 1. The fraction of sp³-hybridized carbons (Fsp3) is 0.696. The number of nitrogens with zero attached hydrogens (tertiary/aromatic N) is 1. The number of hydrogen-bond donors (Lipinski definition) is 3. The van der Waals surface area contributed by atoms with E-state index < -0.39 is 32.9 Å². The van der Waals surface area contributed by atoms with Gasteiger partial charge in [0.2, 0.25) is 0 Å². The van der Waals surface area contributed by atoms with E-state index >= 15 is 0 Å². The molecule has 4 fully saturated rings. The van der Waals surface area contributed by atoms with E-state index in [1.807, 2.05) is 6.08 Å². The van der Waals surface area contributed by atoms with Gasteiger partial charge in [-0.25, -0.2) is 0 Å². The van der Waals surface area contributed by atoms with Gasteiger partial charge >= 0.3 is 27.5 Å². The number of anilines is 1. The molecular formula is C46H63F3N2O6S. The largest absolute Gasteiger partial charge is 0.516 e. The lowest BCUT2D eigenvalue weighted by Gasteiger charge is -2.72. The number of fused-ring (bicyclic) bond motifs is 7. The third-order valence-electron chi connectivity index (χ3n) is 17.7. The van der Waals surface area contributed by atoms with Crippen molar-refractivity contribution in [3.05, 3.63) is 65.8 Å². The Morgan fingerprint density at radius 2 is 1.53 bits per heavy atom. The molecule has 0 heterocycles. The predicted octanol–water partition coefficient (Wildman–Crippen LogP) is 10.1. The van der Waals surface area contributed by atoms with Gasteiger partial charge in [0.25, 0.3) is 0 Å². The average molecular weight is 829 g/mol. The van der Waals surface area contributed by atoms with Crippen molar-refractivity contribution in [3.63, 3.8) is 0 Å². The van der Waals surface area contributed by atoms with Crippen LogP contribution in [-0.4, -0.2) is 54.7 Å². The fourth-order valence-electron chi connectivity index (χ4n) is 14.7. The molecule has 3 N–H and O–H groups in total. The summed E-state index contributed by atoms with van der Waals surface area (Å²) in [5.41, 5.74) is -4.17. The molecule has 4 saturated carbocycles. The van der Waals surface area contributed by atoms with Crippen LogP contribution < -0.4 is 9.62 Å². The van der Waals surface area contributed by atoms with Crippen LogP contribution in [0.25, 0.3) is 0 Å². The van der Waals surface area contributed by atoms with Crippen molar-refractivity contribution < 1.29 is 41.4 Å². The highest BCUT2D eigenvalue weighted by Gasteiger charge is 2.70. The molecule has 12 heteroatoms. The summed E-state index contributed by atoms with van der Waals surface area (Å²) in [4.78, 5) is 24.1. The van der Waals surface area contributed by atoms with Gasteiger partial charge in [0.1, 0.15) is 0 Å². The zero-order valence-electron chi connectivity index (χ0n) is 35.1. The Morgan fingerprint density at radius 1 is 0.862 bits per heavy atom. The summed E-state index contributed by atoms with van der Waals surface area (Å²) in [6, 6.07) is 7.55. The number of carboxylic acids is 2. The quantitative estimate of drug-likeness (QED) is 0.158. The minimum atomic E-state index is -5.61. The van der Waals surface area contributed by atoms with Gasteiger partial charge in [0.15, 0.2) is 5.41 Å². The van der Waals surface area contributed by atoms with Gasteiger partial charge in [-0.15, -0.1) is 0 Å². The Labute approximate surface area is 342 Å². The standard InChI is InChI=1S/C46H63F3N2O6S/c1-29(2)32-17-24-45(50-27-28-51(31-11-9-8-10-12-31)58(56,57)46(47,48)49)26-25-42(6)34(37(32)45)13-14-36-41(5)20-18-33(40(3,4)35(41)19-21-43(36,42)7)30-15-22-44(23-16-30,38(52)53)39(54)55/h8-12,15,18,32,34-37,50H,1,13-14,16-17,19-28H2,2-7H3,(H,52,53)(H,54,55). The Balaban J connectivity index is 1.16. The van der Waals surface area contributed by atoms with Crippen molar-refractivity contribution in [2.45, 2.75) is 130 Å². The number of rotatable bonds is 10. The summed E-state index contributed by atoms with van der Waals surface area (Å²) in [6.07, 6.45) is 13.6. The molecule has 7 rings (SSSR count). The van der Waals surface area contributed by atoms with Crippen molar-refractivity contribution in [2.24, 2.45) is 56.7 Å². The fourth-order valence-corrected chi connectivity index (χ4v) is 15.7. The number of para-hydroxylation sites is 1. The van der Waals surface area contributed by atoms with Crippen LogP contribution in [0.3, 0.4) is 0 Å². The van der Waals surface area contributed by atoms with E-state index in [0.717, 1.165) is 68.9 Å². The number of aliphatic carboxylic acids is 2. The first-order valence-corrected chi connectivity index (χ1v) is 22.8. The molecule has 0 bridgehead atoms. The lowest BCUT2D eigenvalue weighted by Crippen LogP contribution is -2.68. The first kappa shape index (κ1) is 43.0. The second kappa shape index (κ2) is 14.2. The van der Waals surface area contributed by atoms with Crippen molar-refractivity contribution in [2.75, 3.05) is 17.4 Å². The van der Waals surface area contributed by atoms with Gasteiger partial charge in [-0.05, 0) is 159 Å². The lowest BCUT2D eigenvalue weighted by molar-refractivity contribution is -0.221. The van der Waals surface area contributed by atoms with Crippen LogP contribution in [0.15, 0.2) is 65.8 Å². The zero-order chi connectivity index (χ0) is 42.5. The maximum absolute atomic E-state index is 14.0.